The third kappa shape index (κ3) is 10.1. The lowest BCUT2D eigenvalue weighted by Crippen LogP contribution is -2.50. The SMILES string of the molecule is CCCCN(CC(O)C(Cc1ccccc1)NC(=O)OCCNC=O)Oc1cccc(OC)c1. The van der Waals surface area contributed by atoms with Crippen LogP contribution in [0.1, 0.15) is 25.3 Å². The minimum Gasteiger partial charge on any atom is -0.497 e. The lowest BCUT2D eigenvalue weighted by Gasteiger charge is -2.29. The Hall–Kier alpha value is -3.30. The molecule has 0 aromatic heterocycles. The number of alkyl carbamates (subject to hydrolysis) is 1. The predicted molar refractivity (Wildman–Crippen MR) is 129 cm³/mol. The van der Waals surface area contributed by atoms with Crippen molar-refractivity contribution in [2.24, 2.45) is 0 Å². The molecule has 0 bridgehead atoms. The van der Waals surface area contributed by atoms with Crippen molar-refractivity contribution in [3.8, 4) is 11.5 Å². The number of nitrogens with one attached hydrogen (secondary N) is 2. The molecule has 0 heterocycles. The largest absolute Gasteiger partial charge is 0.497 e. The van der Waals surface area contributed by atoms with Gasteiger partial charge in [-0.25, -0.2) is 4.79 Å². The first-order valence-electron chi connectivity index (χ1n) is 11.4. The van der Waals surface area contributed by atoms with Crippen LogP contribution in [0, 0.1) is 0 Å². The van der Waals surface area contributed by atoms with Crippen molar-refractivity contribution in [1.82, 2.24) is 15.7 Å². The Morgan fingerprint density at radius 1 is 1.15 bits per heavy atom. The summed E-state index contributed by atoms with van der Waals surface area (Å²) < 4.78 is 10.4. The van der Waals surface area contributed by atoms with Crippen LogP contribution < -0.4 is 20.2 Å². The van der Waals surface area contributed by atoms with Gasteiger partial charge in [0.1, 0.15) is 12.4 Å². The average Bonchev–Trinajstić information content (AvgIpc) is 2.85. The molecule has 2 rings (SSSR count). The molecule has 0 aliphatic rings. The van der Waals surface area contributed by atoms with Gasteiger partial charge >= 0.3 is 6.09 Å². The Morgan fingerprint density at radius 2 is 1.91 bits per heavy atom. The maximum absolute atomic E-state index is 12.3. The quantitative estimate of drug-likeness (QED) is 0.195. The number of benzene rings is 2. The molecule has 0 saturated carbocycles. The lowest BCUT2D eigenvalue weighted by molar-refractivity contribution is -0.109. The first kappa shape index (κ1) is 26.9. The Bertz CT molecular complexity index is 852. The number of carbonyl (C=O) groups excluding carboxylic acids is 2. The van der Waals surface area contributed by atoms with Gasteiger partial charge in [0.2, 0.25) is 6.41 Å². The van der Waals surface area contributed by atoms with E-state index < -0.39 is 18.2 Å². The number of nitrogens with zero attached hydrogens (tertiary/aromatic N) is 1. The van der Waals surface area contributed by atoms with Crippen molar-refractivity contribution in [3.63, 3.8) is 0 Å². The summed E-state index contributed by atoms with van der Waals surface area (Å²) in [4.78, 5) is 28.7. The number of amides is 2. The molecule has 9 heteroatoms. The van der Waals surface area contributed by atoms with E-state index in [0.29, 0.717) is 30.9 Å². The molecule has 0 spiro atoms. The molecule has 2 amide bonds. The fraction of sp³-hybridized carbons (Fsp3) is 0.440. The summed E-state index contributed by atoms with van der Waals surface area (Å²) in [6, 6.07) is 16.2. The van der Waals surface area contributed by atoms with E-state index in [-0.39, 0.29) is 19.7 Å². The van der Waals surface area contributed by atoms with Crippen LogP contribution in [0.3, 0.4) is 0 Å². The molecule has 2 atom stereocenters. The van der Waals surface area contributed by atoms with Gasteiger partial charge in [-0.2, -0.15) is 0 Å². The molecular formula is C25H35N3O6. The normalized spacial score (nSPS) is 12.5. The topological polar surface area (TPSA) is 109 Å². The number of hydrogen-bond donors (Lipinski definition) is 3. The number of methoxy groups -OCH3 is 1. The number of unbranched alkanes of at least 4 members (excludes halogenated alkanes) is 1. The highest BCUT2D eigenvalue weighted by Gasteiger charge is 2.25. The second-order valence-electron chi connectivity index (χ2n) is 7.73. The van der Waals surface area contributed by atoms with Crippen molar-refractivity contribution in [1.29, 1.82) is 0 Å². The molecule has 0 fully saturated rings. The van der Waals surface area contributed by atoms with Gasteiger partial charge in [0.25, 0.3) is 0 Å². The van der Waals surface area contributed by atoms with Gasteiger partial charge in [-0.3, -0.25) is 4.79 Å². The molecule has 2 unspecified atom stereocenters. The van der Waals surface area contributed by atoms with E-state index in [1.165, 1.54) is 0 Å². The van der Waals surface area contributed by atoms with Crippen molar-refractivity contribution < 1.29 is 29.0 Å². The number of hydroxylamine groups is 2. The van der Waals surface area contributed by atoms with Crippen LogP contribution >= 0.6 is 0 Å². The zero-order valence-corrected chi connectivity index (χ0v) is 19.8. The van der Waals surface area contributed by atoms with E-state index in [1.54, 1.807) is 18.2 Å². The summed E-state index contributed by atoms with van der Waals surface area (Å²) >= 11 is 0. The molecule has 3 N–H and O–H groups in total. The van der Waals surface area contributed by atoms with E-state index in [1.807, 2.05) is 48.5 Å². The Kier molecular flexibility index (Phi) is 12.3. The van der Waals surface area contributed by atoms with Crippen LogP contribution in [-0.2, 0) is 16.0 Å². The van der Waals surface area contributed by atoms with Crippen LogP contribution in [0.15, 0.2) is 54.6 Å². The van der Waals surface area contributed by atoms with Crippen LogP contribution in [0.5, 0.6) is 11.5 Å². The van der Waals surface area contributed by atoms with Crippen LogP contribution in [0.25, 0.3) is 0 Å². The molecular weight excluding hydrogens is 438 g/mol. The molecule has 2 aromatic rings. The summed E-state index contributed by atoms with van der Waals surface area (Å²) in [6.07, 6.45) is 1.17. The third-order valence-corrected chi connectivity index (χ3v) is 5.06. The fourth-order valence-electron chi connectivity index (χ4n) is 3.26. The van der Waals surface area contributed by atoms with E-state index in [0.717, 1.165) is 18.4 Å². The first-order chi connectivity index (χ1) is 16.5. The number of carbonyl (C=O) groups is 2. The molecule has 0 radical (unpaired) electrons. The number of rotatable bonds is 16. The number of aliphatic hydroxyl groups excluding tert-OH is 1. The summed E-state index contributed by atoms with van der Waals surface area (Å²) in [5.74, 6) is 1.27. The van der Waals surface area contributed by atoms with Crippen molar-refractivity contribution in [2.45, 2.75) is 38.3 Å². The second kappa shape index (κ2) is 15.5. The van der Waals surface area contributed by atoms with E-state index in [9.17, 15) is 14.7 Å². The highest BCUT2D eigenvalue weighted by molar-refractivity contribution is 5.67. The lowest BCUT2D eigenvalue weighted by atomic mass is 10.0. The van der Waals surface area contributed by atoms with E-state index in [4.69, 9.17) is 14.3 Å². The zero-order chi connectivity index (χ0) is 24.6. The molecule has 2 aromatic carbocycles. The third-order valence-electron chi connectivity index (χ3n) is 5.06. The summed E-state index contributed by atoms with van der Waals surface area (Å²) in [7, 11) is 1.59. The summed E-state index contributed by atoms with van der Waals surface area (Å²) in [6.45, 7) is 3.09. The van der Waals surface area contributed by atoms with Gasteiger partial charge in [-0.1, -0.05) is 49.7 Å². The number of hydrogen-bond acceptors (Lipinski definition) is 7. The first-order valence-corrected chi connectivity index (χ1v) is 11.4. The maximum Gasteiger partial charge on any atom is 0.407 e. The molecule has 0 aliphatic carbocycles. The number of ether oxygens (including phenoxy) is 2. The second-order valence-corrected chi connectivity index (χ2v) is 7.73. The monoisotopic (exact) mass is 473 g/mol. The van der Waals surface area contributed by atoms with E-state index in [2.05, 4.69) is 17.6 Å². The number of aliphatic hydroxyl groups is 1. The van der Waals surface area contributed by atoms with Gasteiger partial charge in [0.05, 0.1) is 32.3 Å². The van der Waals surface area contributed by atoms with Gasteiger partial charge in [-0.05, 0) is 30.5 Å². The summed E-state index contributed by atoms with van der Waals surface area (Å²) in [5, 5.41) is 18.0. The van der Waals surface area contributed by atoms with Crippen molar-refractivity contribution in [3.05, 3.63) is 60.2 Å². The zero-order valence-electron chi connectivity index (χ0n) is 19.8. The van der Waals surface area contributed by atoms with Gasteiger partial charge < -0.3 is 30.1 Å². The average molecular weight is 474 g/mol. The molecule has 34 heavy (non-hydrogen) atoms. The molecule has 0 aliphatic heterocycles. The molecule has 186 valence electrons. The van der Waals surface area contributed by atoms with Crippen LogP contribution in [0.2, 0.25) is 0 Å². The van der Waals surface area contributed by atoms with E-state index >= 15 is 0 Å². The fourth-order valence-corrected chi connectivity index (χ4v) is 3.26. The predicted octanol–water partition coefficient (Wildman–Crippen LogP) is 2.54. The highest BCUT2D eigenvalue weighted by atomic mass is 16.7. The maximum atomic E-state index is 12.3. The molecule has 0 saturated heterocycles. The van der Waals surface area contributed by atoms with Gasteiger partial charge in [0, 0.05) is 12.6 Å². The molecule has 9 nitrogen and oxygen atoms in total. The van der Waals surface area contributed by atoms with Crippen molar-refractivity contribution in [2.75, 3.05) is 33.4 Å². The summed E-state index contributed by atoms with van der Waals surface area (Å²) in [5.41, 5.74) is 0.961. The Labute approximate surface area is 201 Å². The highest BCUT2D eigenvalue weighted by Crippen LogP contribution is 2.20. The Morgan fingerprint density at radius 3 is 2.62 bits per heavy atom. The van der Waals surface area contributed by atoms with Crippen molar-refractivity contribution >= 4 is 12.5 Å². The Balaban J connectivity index is 2.08. The minimum atomic E-state index is -0.941. The smallest absolute Gasteiger partial charge is 0.407 e. The standard InChI is InChI=1S/C25H35N3O6/c1-3-4-14-28(34-22-12-8-11-21(17-22)32-2)18-24(30)23(16-20-9-6-5-7-10-20)27-25(31)33-15-13-26-19-29/h5-12,17,19,23-24,30H,3-4,13-16,18H2,1-2H3,(H,26,29)(H,27,31). The van der Waals surface area contributed by atoms with Crippen LogP contribution in [-0.4, -0.2) is 68.2 Å². The van der Waals surface area contributed by atoms with Crippen LogP contribution in [0.4, 0.5) is 4.79 Å². The van der Waals surface area contributed by atoms with Gasteiger partial charge in [0.15, 0.2) is 5.75 Å². The minimum absolute atomic E-state index is 0.0281. The van der Waals surface area contributed by atoms with Gasteiger partial charge in [-0.15, -0.1) is 5.06 Å².